The summed E-state index contributed by atoms with van der Waals surface area (Å²) in [4.78, 5) is 14.0. The number of hydrogen-bond acceptors (Lipinski definition) is 3. The van der Waals surface area contributed by atoms with Crippen LogP contribution < -0.4 is 0 Å². The van der Waals surface area contributed by atoms with E-state index < -0.39 is 0 Å². The van der Waals surface area contributed by atoms with E-state index in [0.717, 1.165) is 45.7 Å². The molecule has 4 aromatic heterocycles. The first kappa shape index (κ1) is 17.8. The van der Waals surface area contributed by atoms with Gasteiger partial charge in [0.15, 0.2) is 0 Å². The number of benzene rings is 3. The van der Waals surface area contributed by atoms with E-state index in [1.165, 1.54) is 50.0 Å². The standard InChI is InChI=1S/C31H18N4/c1-2-4-20-17(3-1)11-18-12-25-19(13-24(18)20)14-26-21(25)5-6-28-30(26)35-29-16-33-9-7-22(29)27-15-32-10-8-23(27)31(35)34-28/h1-10,12-13,15-16H,11,14H2. The number of nitrogens with zero attached hydrogens (tertiary/aromatic N) is 4. The van der Waals surface area contributed by atoms with Gasteiger partial charge in [0.05, 0.1) is 22.7 Å². The van der Waals surface area contributed by atoms with Gasteiger partial charge in [-0.3, -0.25) is 14.4 Å². The molecule has 2 aliphatic rings. The van der Waals surface area contributed by atoms with Crippen LogP contribution in [0.3, 0.4) is 0 Å². The van der Waals surface area contributed by atoms with E-state index in [2.05, 4.69) is 75.0 Å². The molecule has 4 heteroatoms. The summed E-state index contributed by atoms with van der Waals surface area (Å²) in [5.41, 5.74) is 15.4. The Labute approximate surface area is 200 Å². The van der Waals surface area contributed by atoms with Crippen molar-refractivity contribution in [2.45, 2.75) is 12.8 Å². The highest BCUT2D eigenvalue weighted by atomic mass is 15.0. The summed E-state index contributed by atoms with van der Waals surface area (Å²) in [6.45, 7) is 0. The molecule has 0 radical (unpaired) electrons. The second kappa shape index (κ2) is 6.10. The lowest BCUT2D eigenvalue weighted by molar-refractivity contribution is 1.22. The first-order valence-electron chi connectivity index (χ1n) is 12.0. The van der Waals surface area contributed by atoms with E-state index in [9.17, 15) is 0 Å². The lowest BCUT2D eigenvalue weighted by Gasteiger charge is -2.09. The number of hydrogen-bond donors (Lipinski definition) is 0. The lowest BCUT2D eigenvalue weighted by Crippen LogP contribution is -1.95. The van der Waals surface area contributed by atoms with Gasteiger partial charge in [-0.05, 0) is 81.3 Å². The topological polar surface area (TPSA) is 43.1 Å². The minimum atomic E-state index is 0.918. The zero-order valence-corrected chi connectivity index (χ0v) is 18.8. The Morgan fingerprint density at radius 1 is 0.629 bits per heavy atom. The molecule has 0 bridgehead atoms. The Balaban J connectivity index is 1.38. The van der Waals surface area contributed by atoms with Gasteiger partial charge in [0, 0.05) is 41.2 Å². The average molecular weight is 447 g/mol. The number of pyridine rings is 3. The molecule has 2 aliphatic carbocycles. The second-order valence-electron chi connectivity index (χ2n) is 9.72. The molecular formula is C31H18N4. The Morgan fingerprint density at radius 3 is 2.37 bits per heavy atom. The fourth-order valence-corrected chi connectivity index (χ4v) is 6.49. The molecule has 0 saturated carbocycles. The molecule has 162 valence electrons. The van der Waals surface area contributed by atoms with Gasteiger partial charge in [-0.25, -0.2) is 4.98 Å². The van der Waals surface area contributed by atoms with Crippen LogP contribution in [0.25, 0.3) is 60.6 Å². The van der Waals surface area contributed by atoms with Crippen LogP contribution in [-0.4, -0.2) is 19.4 Å². The van der Waals surface area contributed by atoms with Crippen LogP contribution in [0.1, 0.15) is 22.3 Å². The first-order chi connectivity index (χ1) is 17.3. The van der Waals surface area contributed by atoms with E-state index in [1.54, 1.807) is 0 Å². The maximum absolute atomic E-state index is 5.13. The van der Waals surface area contributed by atoms with Crippen molar-refractivity contribution in [1.82, 2.24) is 19.4 Å². The van der Waals surface area contributed by atoms with Gasteiger partial charge in [0.2, 0.25) is 0 Å². The van der Waals surface area contributed by atoms with Gasteiger partial charge in [-0.15, -0.1) is 0 Å². The van der Waals surface area contributed by atoms with Crippen molar-refractivity contribution in [3.8, 4) is 22.3 Å². The van der Waals surface area contributed by atoms with Crippen LogP contribution in [0.5, 0.6) is 0 Å². The van der Waals surface area contributed by atoms with Gasteiger partial charge < -0.3 is 0 Å². The third kappa shape index (κ3) is 2.15. The molecule has 0 N–H and O–H groups in total. The molecule has 4 nitrogen and oxygen atoms in total. The third-order valence-electron chi connectivity index (χ3n) is 7.99. The SMILES string of the molecule is c1ccc2c(c1)Cc1cc3c(cc1-2)Cc1c-3ccc2nc3c4ccncc4c4ccncc4n3c12. The monoisotopic (exact) mass is 446 g/mol. The second-order valence-corrected chi connectivity index (χ2v) is 9.72. The normalized spacial score (nSPS) is 13.5. The van der Waals surface area contributed by atoms with E-state index in [-0.39, 0.29) is 0 Å². The molecule has 0 atom stereocenters. The Hall–Kier alpha value is -4.57. The summed E-state index contributed by atoms with van der Waals surface area (Å²) in [7, 11) is 0. The van der Waals surface area contributed by atoms with Gasteiger partial charge in [0.25, 0.3) is 0 Å². The number of imidazole rings is 1. The van der Waals surface area contributed by atoms with E-state index in [4.69, 9.17) is 4.98 Å². The molecule has 4 heterocycles. The fraction of sp³-hybridized carbons (Fsp3) is 0.0645. The van der Waals surface area contributed by atoms with Crippen LogP contribution in [0, 0.1) is 0 Å². The maximum Gasteiger partial charge on any atom is 0.146 e. The van der Waals surface area contributed by atoms with Crippen LogP contribution in [0.2, 0.25) is 0 Å². The molecule has 0 aliphatic heterocycles. The van der Waals surface area contributed by atoms with Gasteiger partial charge in [-0.1, -0.05) is 30.3 Å². The van der Waals surface area contributed by atoms with Gasteiger partial charge in [-0.2, -0.15) is 0 Å². The largest absolute Gasteiger partial charge is 0.290 e. The smallest absolute Gasteiger partial charge is 0.146 e. The summed E-state index contributed by atoms with van der Waals surface area (Å²) in [6.07, 6.45) is 9.55. The Kier molecular flexibility index (Phi) is 3.11. The zero-order chi connectivity index (χ0) is 22.7. The quantitative estimate of drug-likeness (QED) is 0.243. The van der Waals surface area contributed by atoms with Crippen molar-refractivity contribution in [2.75, 3.05) is 0 Å². The van der Waals surface area contributed by atoms with Gasteiger partial charge >= 0.3 is 0 Å². The number of aromatic nitrogens is 4. The molecular weight excluding hydrogens is 428 g/mol. The zero-order valence-electron chi connectivity index (χ0n) is 18.8. The highest BCUT2D eigenvalue weighted by Gasteiger charge is 2.28. The molecule has 0 saturated heterocycles. The molecule has 0 fully saturated rings. The molecule has 9 rings (SSSR count). The first-order valence-corrected chi connectivity index (χ1v) is 12.0. The van der Waals surface area contributed by atoms with Crippen molar-refractivity contribution >= 4 is 38.4 Å². The summed E-state index contributed by atoms with van der Waals surface area (Å²) >= 11 is 0. The van der Waals surface area contributed by atoms with Crippen molar-refractivity contribution in [3.05, 3.63) is 108 Å². The minimum absolute atomic E-state index is 0.918. The van der Waals surface area contributed by atoms with Crippen LogP contribution in [0.4, 0.5) is 0 Å². The van der Waals surface area contributed by atoms with E-state index in [0.29, 0.717) is 0 Å². The predicted octanol–water partition coefficient (Wildman–Crippen LogP) is 6.73. The van der Waals surface area contributed by atoms with E-state index in [1.807, 2.05) is 24.8 Å². The summed E-state index contributed by atoms with van der Waals surface area (Å²) in [6, 6.07) is 22.3. The van der Waals surface area contributed by atoms with Crippen LogP contribution in [0.15, 0.2) is 85.5 Å². The summed E-state index contributed by atoms with van der Waals surface area (Å²) < 4.78 is 2.33. The van der Waals surface area contributed by atoms with Crippen LogP contribution >= 0.6 is 0 Å². The molecule has 35 heavy (non-hydrogen) atoms. The fourth-order valence-electron chi connectivity index (χ4n) is 6.49. The van der Waals surface area contributed by atoms with Crippen molar-refractivity contribution in [1.29, 1.82) is 0 Å². The molecule has 7 aromatic rings. The summed E-state index contributed by atoms with van der Waals surface area (Å²) in [5.74, 6) is 0. The molecule has 0 unspecified atom stereocenters. The van der Waals surface area contributed by atoms with E-state index >= 15 is 0 Å². The maximum atomic E-state index is 5.13. The molecule has 0 spiro atoms. The average Bonchev–Trinajstić information content (AvgIpc) is 3.58. The third-order valence-corrected chi connectivity index (χ3v) is 7.99. The highest BCUT2D eigenvalue weighted by Crippen LogP contribution is 2.47. The Morgan fingerprint density at radius 2 is 1.43 bits per heavy atom. The van der Waals surface area contributed by atoms with Crippen molar-refractivity contribution < 1.29 is 0 Å². The molecule has 3 aromatic carbocycles. The highest BCUT2D eigenvalue weighted by molar-refractivity contribution is 6.14. The number of rotatable bonds is 0. The Bertz CT molecular complexity index is 2070. The van der Waals surface area contributed by atoms with Gasteiger partial charge in [0.1, 0.15) is 5.65 Å². The van der Waals surface area contributed by atoms with Crippen molar-refractivity contribution in [2.24, 2.45) is 0 Å². The lowest BCUT2D eigenvalue weighted by atomic mass is 9.98. The van der Waals surface area contributed by atoms with Crippen LogP contribution in [-0.2, 0) is 12.8 Å². The predicted molar refractivity (Wildman–Crippen MR) is 140 cm³/mol. The number of fused-ring (bicyclic) bond motifs is 15. The molecule has 0 amide bonds. The minimum Gasteiger partial charge on any atom is -0.290 e. The van der Waals surface area contributed by atoms with Crippen molar-refractivity contribution in [3.63, 3.8) is 0 Å². The summed E-state index contributed by atoms with van der Waals surface area (Å²) in [5, 5.41) is 3.39.